The molecule has 1 saturated carbocycles. The predicted octanol–water partition coefficient (Wildman–Crippen LogP) is 3.80. The fourth-order valence-electron chi connectivity index (χ4n) is 2.36. The molecule has 1 aliphatic carbocycles. The molecule has 4 heteroatoms. The third kappa shape index (κ3) is 4.44. The van der Waals surface area contributed by atoms with Gasteiger partial charge in [0.05, 0.1) is 0 Å². The van der Waals surface area contributed by atoms with Gasteiger partial charge in [0.15, 0.2) is 5.78 Å². The third-order valence-electron chi connectivity index (χ3n) is 3.25. The maximum atomic E-state index is 12.2. The largest absolute Gasteiger partial charge is 0.309 e. The zero-order chi connectivity index (χ0) is 13.1. The first-order valence-corrected chi connectivity index (χ1v) is 7.00. The van der Waals surface area contributed by atoms with Gasteiger partial charge in [-0.1, -0.05) is 28.1 Å². The number of allylic oxidation sites excluding steroid dienone is 1. The van der Waals surface area contributed by atoms with E-state index >= 15 is 0 Å². The quantitative estimate of drug-likeness (QED) is 0.778. The van der Waals surface area contributed by atoms with E-state index in [4.69, 9.17) is 0 Å². The van der Waals surface area contributed by atoms with Crippen molar-refractivity contribution in [2.24, 2.45) is 5.92 Å². The third-order valence-corrected chi connectivity index (χ3v) is 3.77. The van der Waals surface area contributed by atoms with Crippen LogP contribution in [0.25, 0.3) is 6.08 Å². The minimum atomic E-state index is 0. The lowest BCUT2D eigenvalue weighted by Crippen LogP contribution is -2.24. The van der Waals surface area contributed by atoms with Crippen LogP contribution < -0.4 is 0 Å². The number of nitrogens with zero attached hydrogens (tertiary/aromatic N) is 1. The molecule has 0 heterocycles. The number of carbonyl (C=O) groups excluding carboxylic acids is 1. The van der Waals surface area contributed by atoms with E-state index in [1.54, 1.807) is 0 Å². The van der Waals surface area contributed by atoms with Crippen molar-refractivity contribution < 1.29 is 4.79 Å². The average molecular weight is 345 g/mol. The molecule has 0 N–H and O–H groups in total. The molecule has 1 aromatic carbocycles. The van der Waals surface area contributed by atoms with Crippen LogP contribution in [0.3, 0.4) is 0 Å². The summed E-state index contributed by atoms with van der Waals surface area (Å²) in [4.78, 5) is 14.3. The Labute approximate surface area is 129 Å². The second-order valence-electron chi connectivity index (χ2n) is 5.08. The second-order valence-corrected chi connectivity index (χ2v) is 6.00. The molecule has 0 radical (unpaired) electrons. The smallest absolute Gasteiger partial charge is 0.163 e. The average Bonchev–Trinajstić information content (AvgIpc) is 2.64. The molecular formula is C15H19BrClNO. The highest BCUT2D eigenvalue weighted by Gasteiger charge is 2.29. The number of Topliss-reactive ketones (excluding diaryl/α,β-unsaturated/α-hetero) is 1. The summed E-state index contributed by atoms with van der Waals surface area (Å²) >= 11 is 3.41. The van der Waals surface area contributed by atoms with Crippen molar-refractivity contribution in [3.63, 3.8) is 0 Å². The highest BCUT2D eigenvalue weighted by atomic mass is 79.9. The van der Waals surface area contributed by atoms with Gasteiger partial charge in [0.1, 0.15) is 0 Å². The molecule has 0 bridgehead atoms. The molecule has 0 aromatic heterocycles. The van der Waals surface area contributed by atoms with Gasteiger partial charge in [0.2, 0.25) is 0 Å². The van der Waals surface area contributed by atoms with E-state index in [2.05, 4.69) is 20.8 Å². The fourth-order valence-corrected chi connectivity index (χ4v) is 2.63. The van der Waals surface area contributed by atoms with Gasteiger partial charge < -0.3 is 4.90 Å². The van der Waals surface area contributed by atoms with Crippen molar-refractivity contribution in [1.82, 2.24) is 4.90 Å². The van der Waals surface area contributed by atoms with E-state index in [9.17, 15) is 4.79 Å². The molecule has 2 rings (SSSR count). The Morgan fingerprint density at radius 3 is 2.53 bits per heavy atom. The number of ketones is 1. The SMILES string of the molecule is CN(C)CC1CCC(=Cc2ccc(Br)cc2)C1=O.Cl. The van der Waals surface area contributed by atoms with Gasteiger partial charge in [-0.2, -0.15) is 0 Å². The van der Waals surface area contributed by atoms with E-state index in [1.807, 2.05) is 44.4 Å². The van der Waals surface area contributed by atoms with Crippen molar-refractivity contribution in [2.75, 3.05) is 20.6 Å². The summed E-state index contributed by atoms with van der Waals surface area (Å²) in [6.45, 7) is 0.858. The zero-order valence-corrected chi connectivity index (χ0v) is 13.6. The first kappa shape index (κ1) is 16.4. The number of benzene rings is 1. The van der Waals surface area contributed by atoms with Crippen molar-refractivity contribution in [3.8, 4) is 0 Å². The lowest BCUT2D eigenvalue weighted by molar-refractivity contribution is -0.118. The number of carbonyl (C=O) groups is 1. The Morgan fingerprint density at radius 2 is 1.95 bits per heavy atom. The standard InChI is InChI=1S/C15H18BrNO.ClH/c1-17(2)10-13-6-5-12(15(13)18)9-11-3-7-14(16)8-4-11;/h3-4,7-9,13H,5-6,10H2,1-2H3;1H. The van der Waals surface area contributed by atoms with Crippen molar-refractivity contribution >= 4 is 40.2 Å². The van der Waals surface area contributed by atoms with Crippen LogP contribution in [0.1, 0.15) is 18.4 Å². The Bertz CT molecular complexity index is 468. The summed E-state index contributed by atoms with van der Waals surface area (Å²) in [5, 5.41) is 0. The van der Waals surface area contributed by atoms with Gasteiger partial charge in [-0.05, 0) is 56.3 Å². The van der Waals surface area contributed by atoms with Gasteiger partial charge in [0.25, 0.3) is 0 Å². The zero-order valence-electron chi connectivity index (χ0n) is 11.2. The van der Waals surface area contributed by atoms with Gasteiger partial charge in [-0.15, -0.1) is 12.4 Å². The molecule has 1 atom stereocenters. The Balaban J connectivity index is 0.00000180. The van der Waals surface area contributed by atoms with E-state index in [0.717, 1.165) is 35.0 Å². The molecule has 104 valence electrons. The fraction of sp³-hybridized carbons (Fsp3) is 0.400. The minimum Gasteiger partial charge on any atom is -0.309 e. The molecule has 2 nitrogen and oxygen atoms in total. The number of hydrogen-bond acceptors (Lipinski definition) is 2. The van der Waals surface area contributed by atoms with E-state index in [-0.39, 0.29) is 18.3 Å². The van der Waals surface area contributed by atoms with Gasteiger partial charge in [-0.3, -0.25) is 4.79 Å². The first-order chi connectivity index (χ1) is 8.56. The Kier molecular flexibility index (Phi) is 6.24. The van der Waals surface area contributed by atoms with Crippen LogP contribution in [0.2, 0.25) is 0 Å². The summed E-state index contributed by atoms with van der Waals surface area (Å²) in [5.41, 5.74) is 2.08. The Hall–Kier alpha value is -0.640. The van der Waals surface area contributed by atoms with Gasteiger partial charge in [-0.25, -0.2) is 0 Å². The predicted molar refractivity (Wildman–Crippen MR) is 85.7 cm³/mol. The minimum absolute atomic E-state index is 0. The lowest BCUT2D eigenvalue weighted by atomic mass is 10.0. The van der Waals surface area contributed by atoms with Crippen LogP contribution >= 0.6 is 28.3 Å². The summed E-state index contributed by atoms with van der Waals surface area (Å²) < 4.78 is 1.06. The summed E-state index contributed by atoms with van der Waals surface area (Å²) in [6, 6.07) is 8.07. The van der Waals surface area contributed by atoms with Crippen LogP contribution in [-0.2, 0) is 4.79 Å². The molecule has 19 heavy (non-hydrogen) atoms. The molecule has 0 spiro atoms. The normalized spacial score (nSPS) is 20.9. The topological polar surface area (TPSA) is 20.3 Å². The van der Waals surface area contributed by atoms with Crippen LogP contribution in [0, 0.1) is 5.92 Å². The molecule has 1 aliphatic rings. The molecule has 1 fully saturated rings. The monoisotopic (exact) mass is 343 g/mol. The molecule has 1 unspecified atom stereocenters. The first-order valence-electron chi connectivity index (χ1n) is 6.21. The van der Waals surface area contributed by atoms with Crippen LogP contribution in [-0.4, -0.2) is 31.3 Å². The van der Waals surface area contributed by atoms with Crippen LogP contribution in [0.5, 0.6) is 0 Å². The second kappa shape index (κ2) is 7.22. The number of halogens is 2. The molecular weight excluding hydrogens is 326 g/mol. The summed E-state index contributed by atoms with van der Waals surface area (Å²) in [7, 11) is 4.04. The van der Waals surface area contributed by atoms with Crippen LogP contribution in [0.4, 0.5) is 0 Å². The van der Waals surface area contributed by atoms with Crippen molar-refractivity contribution in [2.45, 2.75) is 12.8 Å². The van der Waals surface area contributed by atoms with E-state index in [1.165, 1.54) is 0 Å². The molecule has 0 saturated heterocycles. The number of hydrogen-bond donors (Lipinski definition) is 0. The summed E-state index contributed by atoms with van der Waals surface area (Å²) in [6.07, 6.45) is 3.93. The highest BCUT2D eigenvalue weighted by molar-refractivity contribution is 9.10. The molecule has 1 aromatic rings. The van der Waals surface area contributed by atoms with Gasteiger partial charge in [0, 0.05) is 16.9 Å². The van der Waals surface area contributed by atoms with E-state index < -0.39 is 0 Å². The highest BCUT2D eigenvalue weighted by Crippen LogP contribution is 2.29. The maximum Gasteiger partial charge on any atom is 0.163 e. The van der Waals surface area contributed by atoms with Crippen molar-refractivity contribution in [1.29, 1.82) is 0 Å². The Morgan fingerprint density at radius 1 is 1.32 bits per heavy atom. The van der Waals surface area contributed by atoms with Crippen LogP contribution in [0.15, 0.2) is 34.3 Å². The summed E-state index contributed by atoms with van der Waals surface area (Å²) in [5.74, 6) is 0.508. The lowest BCUT2D eigenvalue weighted by Gasteiger charge is -2.13. The van der Waals surface area contributed by atoms with E-state index in [0.29, 0.717) is 5.78 Å². The molecule has 0 aliphatic heterocycles. The number of rotatable bonds is 3. The molecule has 0 amide bonds. The van der Waals surface area contributed by atoms with Crippen molar-refractivity contribution in [3.05, 3.63) is 39.9 Å². The van der Waals surface area contributed by atoms with Gasteiger partial charge >= 0.3 is 0 Å². The maximum absolute atomic E-state index is 12.2.